The lowest BCUT2D eigenvalue weighted by atomic mass is 10.0. The first-order valence-electron chi connectivity index (χ1n) is 10.1. The van der Waals surface area contributed by atoms with E-state index in [9.17, 15) is 4.79 Å². The fourth-order valence-electron chi connectivity index (χ4n) is 4.10. The van der Waals surface area contributed by atoms with Gasteiger partial charge in [0.1, 0.15) is 5.69 Å². The molecule has 8 heteroatoms. The molecule has 1 aromatic heterocycles. The lowest BCUT2D eigenvalue weighted by Crippen LogP contribution is -2.36. The van der Waals surface area contributed by atoms with Gasteiger partial charge in [-0.15, -0.1) is 10.5 Å². The van der Waals surface area contributed by atoms with Crippen molar-refractivity contribution < 1.29 is 4.79 Å². The van der Waals surface area contributed by atoms with Crippen molar-refractivity contribution in [2.75, 3.05) is 11.9 Å². The molecule has 6 nitrogen and oxygen atoms in total. The van der Waals surface area contributed by atoms with Crippen LogP contribution in [0, 0.1) is 0 Å². The Hall–Kier alpha value is -3.29. The van der Waals surface area contributed by atoms with Gasteiger partial charge in [-0.3, -0.25) is 9.48 Å². The SMILES string of the molecule is C=C(Nc1ccc2c(c1)S(=C)C=C2)N1CCn2nc(-c3cccc(Cl)c3)c(C(N)=O)c2C1. The molecule has 1 unspecified atom stereocenters. The van der Waals surface area contributed by atoms with Gasteiger partial charge < -0.3 is 16.0 Å². The molecule has 1 atom stereocenters. The minimum atomic E-state index is -0.504. The molecule has 2 aromatic carbocycles. The molecular formula is C24H22ClN5OS. The smallest absolute Gasteiger partial charge is 0.252 e. The molecule has 2 aliphatic heterocycles. The number of carbonyl (C=O) groups excluding carboxylic acids is 1. The summed E-state index contributed by atoms with van der Waals surface area (Å²) in [4.78, 5) is 15.7. The molecule has 0 spiro atoms. The van der Waals surface area contributed by atoms with Gasteiger partial charge >= 0.3 is 0 Å². The van der Waals surface area contributed by atoms with E-state index in [-0.39, 0.29) is 10.5 Å². The Balaban J connectivity index is 1.41. The summed E-state index contributed by atoms with van der Waals surface area (Å²) in [5.74, 6) is 4.44. The first-order chi connectivity index (χ1) is 15.4. The fraction of sp³-hybridized carbons (Fsp3) is 0.125. The number of hydrogen-bond acceptors (Lipinski definition) is 4. The van der Waals surface area contributed by atoms with Crippen LogP contribution >= 0.6 is 22.1 Å². The maximum Gasteiger partial charge on any atom is 0.252 e. The maximum atomic E-state index is 12.4. The molecule has 0 radical (unpaired) electrons. The van der Waals surface area contributed by atoms with Crippen molar-refractivity contribution in [1.82, 2.24) is 14.7 Å². The largest absolute Gasteiger partial charge is 0.365 e. The molecule has 0 saturated carbocycles. The number of nitrogens with zero attached hydrogens (tertiary/aromatic N) is 3. The summed E-state index contributed by atoms with van der Waals surface area (Å²) in [5, 5.41) is 10.8. The predicted molar refractivity (Wildman–Crippen MR) is 133 cm³/mol. The minimum absolute atomic E-state index is 0.119. The van der Waals surface area contributed by atoms with Crippen LogP contribution in [0.5, 0.6) is 0 Å². The van der Waals surface area contributed by atoms with Gasteiger partial charge in [-0.05, 0) is 41.3 Å². The third-order valence-electron chi connectivity index (χ3n) is 5.70. The highest BCUT2D eigenvalue weighted by atomic mass is 35.5. The Kier molecular flexibility index (Phi) is 5.15. The van der Waals surface area contributed by atoms with Crippen LogP contribution in [0.2, 0.25) is 5.02 Å². The highest BCUT2D eigenvalue weighted by Gasteiger charge is 2.28. The number of halogens is 1. The van der Waals surface area contributed by atoms with Crippen LogP contribution in [0.4, 0.5) is 5.69 Å². The van der Waals surface area contributed by atoms with Crippen molar-refractivity contribution >= 4 is 45.6 Å². The number of rotatable bonds is 5. The van der Waals surface area contributed by atoms with E-state index in [1.807, 2.05) is 22.9 Å². The minimum Gasteiger partial charge on any atom is -0.365 e. The van der Waals surface area contributed by atoms with Gasteiger partial charge in [0.2, 0.25) is 0 Å². The molecule has 5 rings (SSSR count). The molecule has 0 saturated heterocycles. The second kappa shape index (κ2) is 8.00. The summed E-state index contributed by atoms with van der Waals surface area (Å²) < 4.78 is 1.86. The lowest BCUT2D eigenvalue weighted by Gasteiger charge is -2.31. The van der Waals surface area contributed by atoms with Crippen LogP contribution < -0.4 is 11.1 Å². The first kappa shape index (κ1) is 20.6. The topological polar surface area (TPSA) is 76.2 Å². The molecule has 3 aromatic rings. The summed E-state index contributed by atoms with van der Waals surface area (Å²) >= 11 is 6.15. The molecular weight excluding hydrogens is 442 g/mol. The number of anilines is 1. The van der Waals surface area contributed by atoms with Crippen molar-refractivity contribution in [3.8, 4) is 11.3 Å². The average Bonchev–Trinajstić information content (AvgIpc) is 3.34. The highest BCUT2D eigenvalue weighted by Crippen LogP contribution is 2.39. The van der Waals surface area contributed by atoms with Gasteiger partial charge in [0, 0.05) is 27.7 Å². The third-order valence-corrected chi connectivity index (χ3v) is 7.32. The van der Waals surface area contributed by atoms with E-state index in [0.717, 1.165) is 22.8 Å². The zero-order chi connectivity index (χ0) is 22.4. The summed E-state index contributed by atoms with van der Waals surface area (Å²) in [6.45, 7) is 6.04. The van der Waals surface area contributed by atoms with E-state index in [1.54, 1.807) is 12.1 Å². The Bertz CT molecular complexity index is 1330. The number of primary amides is 1. The van der Waals surface area contributed by atoms with E-state index in [1.165, 1.54) is 10.5 Å². The number of benzene rings is 2. The third kappa shape index (κ3) is 3.63. The summed E-state index contributed by atoms with van der Waals surface area (Å²) in [6, 6.07) is 13.5. The second-order valence-corrected chi connectivity index (χ2v) is 9.75. The first-order valence-corrected chi connectivity index (χ1v) is 12.0. The normalized spacial score (nSPS) is 16.5. The Morgan fingerprint density at radius 2 is 2.06 bits per heavy atom. The van der Waals surface area contributed by atoms with Crippen molar-refractivity contribution in [3.63, 3.8) is 0 Å². The predicted octanol–water partition coefficient (Wildman–Crippen LogP) is 4.75. The zero-order valence-corrected chi connectivity index (χ0v) is 18.9. The monoisotopic (exact) mass is 463 g/mol. The van der Waals surface area contributed by atoms with Crippen molar-refractivity contribution in [3.05, 3.63) is 82.1 Å². The molecule has 3 heterocycles. The molecule has 2 aliphatic rings. The molecule has 162 valence electrons. The Morgan fingerprint density at radius 3 is 2.84 bits per heavy atom. The van der Waals surface area contributed by atoms with Gasteiger partial charge in [0.05, 0.1) is 30.2 Å². The van der Waals surface area contributed by atoms with Crippen LogP contribution in [-0.2, 0) is 13.1 Å². The molecule has 0 bridgehead atoms. The Morgan fingerprint density at radius 1 is 1.22 bits per heavy atom. The van der Waals surface area contributed by atoms with E-state index in [4.69, 9.17) is 17.3 Å². The van der Waals surface area contributed by atoms with Crippen LogP contribution in [-0.4, -0.2) is 33.0 Å². The Labute approximate surface area is 193 Å². The second-order valence-electron chi connectivity index (χ2n) is 7.75. The summed E-state index contributed by atoms with van der Waals surface area (Å²) in [7, 11) is -0.119. The van der Waals surface area contributed by atoms with Gasteiger partial charge in [-0.25, -0.2) is 0 Å². The fourth-order valence-corrected chi connectivity index (χ4v) is 5.46. The van der Waals surface area contributed by atoms with Gasteiger partial charge in [-0.1, -0.05) is 42.2 Å². The number of fused-ring (bicyclic) bond motifs is 2. The molecule has 3 N–H and O–H groups in total. The van der Waals surface area contributed by atoms with E-state index >= 15 is 0 Å². The summed E-state index contributed by atoms with van der Waals surface area (Å²) in [6.07, 6.45) is 2.11. The molecule has 32 heavy (non-hydrogen) atoms. The highest BCUT2D eigenvalue weighted by molar-refractivity contribution is 8.17. The maximum absolute atomic E-state index is 12.4. The standard InChI is InChI=1S/C24H22ClN5OS/c1-15(27-19-7-6-16-8-11-32(2)21(16)13-19)29-9-10-30-20(14-29)22(24(26)31)23(28-30)17-4-3-5-18(25)12-17/h3-8,11-13,27H,1-2,9-10,14H2,(H2,26,31). The number of carbonyl (C=O) groups is 1. The van der Waals surface area contributed by atoms with Crippen molar-refractivity contribution in [2.24, 2.45) is 5.73 Å². The summed E-state index contributed by atoms with van der Waals surface area (Å²) in [5.41, 5.74) is 10.5. The average molecular weight is 464 g/mol. The molecule has 1 amide bonds. The van der Waals surface area contributed by atoms with Gasteiger partial charge in [0.15, 0.2) is 0 Å². The van der Waals surface area contributed by atoms with Crippen molar-refractivity contribution in [2.45, 2.75) is 18.0 Å². The number of hydrogen-bond donors (Lipinski definition) is 2. The number of aromatic nitrogens is 2. The van der Waals surface area contributed by atoms with E-state index in [0.29, 0.717) is 35.9 Å². The van der Waals surface area contributed by atoms with Crippen LogP contribution in [0.15, 0.2) is 65.2 Å². The van der Waals surface area contributed by atoms with E-state index < -0.39 is 5.91 Å². The van der Waals surface area contributed by atoms with E-state index in [2.05, 4.69) is 51.4 Å². The van der Waals surface area contributed by atoms with Crippen LogP contribution in [0.3, 0.4) is 0 Å². The molecule has 0 aliphatic carbocycles. The number of amides is 1. The quantitative estimate of drug-likeness (QED) is 0.535. The van der Waals surface area contributed by atoms with Crippen molar-refractivity contribution in [1.29, 1.82) is 0 Å². The van der Waals surface area contributed by atoms with Gasteiger partial charge in [-0.2, -0.15) is 5.10 Å². The molecule has 0 fully saturated rings. The van der Waals surface area contributed by atoms with Gasteiger partial charge in [0.25, 0.3) is 5.91 Å². The number of nitrogens with one attached hydrogen (secondary N) is 1. The van der Waals surface area contributed by atoms with Crippen LogP contribution in [0.1, 0.15) is 21.6 Å². The van der Waals surface area contributed by atoms with Crippen LogP contribution in [0.25, 0.3) is 17.3 Å². The zero-order valence-electron chi connectivity index (χ0n) is 17.3. The number of nitrogens with two attached hydrogens (primary N) is 1. The lowest BCUT2D eigenvalue weighted by molar-refractivity contribution is 0.0998.